The third-order valence-electron chi connectivity index (χ3n) is 2.12. The van der Waals surface area contributed by atoms with Gasteiger partial charge >= 0.3 is 5.97 Å². The third kappa shape index (κ3) is 4.39. The lowest BCUT2D eigenvalue weighted by molar-refractivity contribution is -0.141. The van der Waals surface area contributed by atoms with Gasteiger partial charge in [-0.05, 0) is 6.42 Å². The van der Waals surface area contributed by atoms with Crippen molar-refractivity contribution in [3.05, 3.63) is 11.1 Å². The standard InChI is InChI=1S/C10H15N3O3S/c1-2-3-7(9(15)16)13-8(14)4-6-5-17-10(11)12-6/h5,7H,2-4H2,1H3,(H2,11,12)(H,13,14)(H,15,16). The van der Waals surface area contributed by atoms with E-state index in [0.29, 0.717) is 23.7 Å². The number of aliphatic carboxylic acids is 1. The van der Waals surface area contributed by atoms with E-state index in [2.05, 4.69) is 10.3 Å². The lowest BCUT2D eigenvalue weighted by Crippen LogP contribution is -2.41. The average molecular weight is 257 g/mol. The number of aromatic nitrogens is 1. The molecule has 0 aliphatic heterocycles. The minimum Gasteiger partial charge on any atom is -0.480 e. The molecule has 1 aromatic heterocycles. The molecule has 0 radical (unpaired) electrons. The van der Waals surface area contributed by atoms with E-state index >= 15 is 0 Å². The Morgan fingerprint density at radius 3 is 2.82 bits per heavy atom. The number of amides is 1. The van der Waals surface area contributed by atoms with Crippen LogP contribution in [-0.4, -0.2) is 28.0 Å². The van der Waals surface area contributed by atoms with Crippen LogP contribution in [0.2, 0.25) is 0 Å². The van der Waals surface area contributed by atoms with Gasteiger partial charge in [0.1, 0.15) is 6.04 Å². The van der Waals surface area contributed by atoms with Crippen LogP contribution in [-0.2, 0) is 16.0 Å². The second-order valence-corrected chi connectivity index (χ2v) is 4.49. The maximum absolute atomic E-state index is 11.6. The molecule has 1 heterocycles. The van der Waals surface area contributed by atoms with Crippen molar-refractivity contribution in [2.24, 2.45) is 0 Å². The summed E-state index contributed by atoms with van der Waals surface area (Å²) in [4.78, 5) is 26.3. The van der Waals surface area contributed by atoms with Gasteiger partial charge in [-0.15, -0.1) is 11.3 Å². The summed E-state index contributed by atoms with van der Waals surface area (Å²) in [5, 5.41) is 13.4. The van der Waals surface area contributed by atoms with Crippen molar-refractivity contribution in [1.82, 2.24) is 10.3 Å². The number of thiazole rings is 1. The summed E-state index contributed by atoms with van der Waals surface area (Å²) in [5.41, 5.74) is 5.99. The third-order valence-corrected chi connectivity index (χ3v) is 2.84. The molecule has 6 nitrogen and oxygen atoms in total. The van der Waals surface area contributed by atoms with Crippen molar-refractivity contribution in [3.63, 3.8) is 0 Å². The zero-order chi connectivity index (χ0) is 12.8. The lowest BCUT2D eigenvalue weighted by Gasteiger charge is -2.12. The van der Waals surface area contributed by atoms with Crippen molar-refractivity contribution in [3.8, 4) is 0 Å². The number of nitrogens with two attached hydrogens (primary N) is 1. The maximum Gasteiger partial charge on any atom is 0.326 e. The Balaban J connectivity index is 2.50. The summed E-state index contributed by atoms with van der Waals surface area (Å²) in [5.74, 6) is -1.37. The Labute approximate surface area is 103 Å². The summed E-state index contributed by atoms with van der Waals surface area (Å²) in [7, 11) is 0. The molecule has 0 fully saturated rings. The maximum atomic E-state index is 11.6. The van der Waals surface area contributed by atoms with Crippen molar-refractivity contribution >= 4 is 28.3 Å². The van der Waals surface area contributed by atoms with E-state index in [9.17, 15) is 9.59 Å². The number of carbonyl (C=O) groups excluding carboxylic acids is 1. The van der Waals surface area contributed by atoms with Crippen molar-refractivity contribution in [2.75, 3.05) is 5.73 Å². The fraction of sp³-hybridized carbons (Fsp3) is 0.500. The van der Waals surface area contributed by atoms with Gasteiger partial charge in [0.2, 0.25) is 5.91 Å². The Bertz CT molecular complexity index is 405. The number of carbonyl (C=O) groups is 2. The van der Waals surface area contributed by atoms with Gasteiger partial charge in [-0.1, -0.05) is 13.3 Å². The molecule has 0 saturated carbocycles. The fourth-order valence-electron chi connectivity index (χ4n) is 1.36. The number of rotatable bonds is 6. The molecule has 17 heavy (non-hydrogen) atoms. The van der Waals surface area contributed by atoms with Crippen molar-refractivity contribution in [2.45, 2.75) is 32.2 Å². The fourth-order valence-corrected chi connectivity index (χ4v) is 1.92. The number of carboxylic acid groups (broad SMARTS) is 1. The highest BCUT2D eigenvalue weighted by Crippen LogP contribution is 2.11. The van der Waals surface area contributed by atoms with Crippen molar-refractivity contribution in [1.29, 1.82) is 0 Å². The molecule has 1 atom stereocenters. The predicted octanol–water partition coefficient (Wildman–Crippen LogP) is 0.637. The smallest absolute Gasteiger partial charge is 0.326 e. The van der Waals surface area contributed by atoms with Gasteiger partial charge in [-0.3, -0.25) is 4.79 Å². The van der Waals surface area contributed by atoms with E-state index in [0.717, 1.165) is 0 Å². The molecule has 0 spiro atoms. The minimum atomic E-state index is -1.02. The number of carboxylic acids is 1. The number of anilines is 1. The van der Waals surface area contributed by atoms with Crippen LogP contribution >= 0.6 is 11.3 Å². The van der Waals surface area contributed by atoms with Gasteiger partial charge in [0.25, 0.3) is 0 Å². The first-order valence-electron chi connectivity index (χ1n) is 5.25. The topological polar surface area (TPSA) is 105 Å². The first kappa shape index (κ1) is 13.4. The molecule has 1 unspecified atom stereocenters. The quantitative estimate of drug-likeness (QED) is 0.693. The van der Waals surface area contributed by atoms with E-state index in [-0.39, 0.29) is 12.3 Å². The molecule has 1 aromatic rings. The molecule has 7 heteroatoms. The zero-order valence-corrected chi connectivity index (χ0v) is 10.3. The van der Waals surface area contributed by atoms with Crippen LogP contribution in [0.4, 0.5) is 5.13 Å². The SMILES string of the molecule is CCCC(NC(=O)Cc1csc(N)n1)C(=O)O. The van der Waals surface area contributed by atoms with Gasteiger partial charge in [0.05, 0.1) is 12.1 Å². The Kier molecular flexibility index (Phi) is 4.89. The molecule has 0 saturated heterocycles. The van der Waals surface area contributed by atoms with Crippen LogP contribution in [0.3, 0.4) is 0 Å². The molecular weight excluding hydrogens is 242 g/mol. The normalized spacial score (nSPS) is 12.1. The van der Waals surface area contributed by atoms with E-state index < -0.39 is 12.0 Å². The van der Waals surface area contributed by atoms with Gasteiger partial charge in [-0.25, -0.2) is 9.78 Å². The summed E-state index contributed by atoms with van der Waals surface area (Å²) < 4.78 is 0. The van der Waals surface area contributed by atoms with Crippen LogP contribution in [0.25, 0.3) is 0 Å². The van der Waals surface area contributed by atoms with Gasteiger partial charge in [-0.2, -0.15) is 0 Å². The average Bonchev–Trinajstić information content (AvgIpc) is 2.63. The van der Waals surface area contributed by atoms with Crippen LogP contribution in [0.5, 0.6) is 0 Å². The van der Waals surface area contributed by atoms with E-state index in [4.69, 9.17) is 10.8 Å². The van der Waals surface area contributed by atoms with Crippen LogP contribution in [0, 0.1) is 0 Å². The second-order valence-electron chi connectivity index (χ2n) is 3.60. The molecule has 1 amide bonds. The van der Waals surface area contributed by atoms with E-state index in [1.54, 1.807) is 5.38 Å². The predicted molar refractivity (Wildman–Crippen MR) is 64.7 cm³/mol. The summed E-state index contributed by atoms with van der Waals surface area (Å²) >= 11 is 1.25. The summed E-state index contributed by atoms with van der Waals surface area (Å²) in [6, 6.07) is -0.830. The largest absolute Gasteiger partial charge is 0.480 e. The second kappa shape index (κ2) is 6.19. The molecular formula is C10H15N3O3S. The number of hydrogen-bond donors (Lipinski definition) is 3. The zero-order valence-electron chi connectivity index (χ0n) is 9.47. The molecule has 0 aliphatic carbocycles. The summed E-state index contributed by atoms with van der Waals surface area (Å²) in [6.45, 7) is 1.86. The number of nitrogens with one attached hydrogen (secondary N) is 1. The van der Waals surface area contributed by atoms with Gasteiger partial charge in [0, 0.05) is 5.38 Å². The Morgan fingerprint density at radius 1 is 1.65 bits per heavy atom. The first-order valence-corrected chi connectivity index (χ1v) is 6.13. The Morgan fingerprint density at radius 2 is 2.35 bits per heavy atom. The molecule has 0 aliphatic rings. The first-order chi connectivity index (χ1) is 8.02. The number of nitrogens with zero attached hydrogens (tertiary/aromatic N) is 1. The monoisotopic (exact) mass is 257 g/mol. The van der Waals surface area contributed by atoms with Crippen LogP contribution in [0.1, 0.15) is 25.5 Å². The van der Waals surface area contributed by atoms with E-state index in [1.165, 1.54) is 11.3 Å². The highest BCUT2D eigenvalue weighted by Gasteiger charge is 2.19. The molecule has 0 aromatic carbocycles. The summed E-state index contributed by atoms with van der Waals surface area (Å²) in [6.07, 6.45) is 1.17. The van der Waals surface area contributed by atoms with Gasteiger partial charge in [0.15, 0.2) is 5.13 Å². The molecule has 0 bridgehead atoms. The number of hydrogen-bond acceptors (Lipinski definition) is 5. The lowest BCUT2D eigenvalue weighted by atomic mass is 10.1. The van der Waals surface area contributed by atoms with Crippen molar-refractivity contribution < 1.29 is 14.7 Å². The Hall–Kier alpha value is -1.63. The van der Waals surface area contributed by atoms with Crippen LogP contribution < -0.4 is 11.1 Å². The number of nitrogen functional groups attached to an aromatic ring is 1. The highest BCUT2D eigenvalue weighted by molar-refractivity contribution is 7.13. The van der Waals surface area contributed by atoms with E-state index in [1.807, 2.05) is 6.92 Å². The van der Waals surface area contributed by atoms with Gasteiger partial charge < -0.3 is 16.2 Å². The molecule has 4 N–H and O–H groups in total. The minimum absolute atomic E-state index is 0.0567. The molecule has 1 rings (SSSR count). The highest BCUT2D eigenvalue weighted by atomic mass is 32.1. The van der Waals surface area contributed by atoms with Crippen LogP contribution in [0.15, 0.2) is 5.38 Å². The molecule has 94 valence electrons.